The smallest absolute Gasteiger partial charge is 0.198 e. The van der Waals surface area contributed by atoms with Crippen molar-refractivity contribution >= 4 is 81.0 Å². The summed E-state index contributed by atoms with van der Waals surface area (Å²) in [5, 5.41) is 5.19. The van der Waals surface area contributed by atoms with E-state index in [9.17, 15) is 9.59 Å². The van der Waals surface area contributed by atoms with Crippen molar-refractivity contribution in [3.8, 4) is 39.0 Å². The zero-order valence-corrected chi connectivity index (χ0v) is 30.9. The van der Waals surface area contributed by atoms with Crippen LogP contribution in [0, 0.1) is 0 Å². The molecule has 1 aliphatic heterocycles. The van der Waals surface area contributed by atoms with Crippen molar-refractivity contribution in [2.45, 2.75) is 59.3 Å². The molecule has 6 heterocycles. The molecule has 1 aliphatic rings. The third kappa shape index (κ3) is 5.40. The summed E-state index contributed by atoms with van der Waals surface area (Å²) in [5.74, 6) is 0.767. The van der Waals surface area contributed by atoms with Crippen molar-refractivity contribution in [3.63, 3.8) is 0 Å². The van der Waals surface area contributed by atoms with Crippen LogP contribution in [-0.2, 0) is 0 Å². The predicted octanol–water partition coefficient (Wildman–Crippen LogP) is 13.1. The average molecular weight is 701 g/mol. The highest BCUT2D eigenvalue weighted by molar-refractivity contribution is 7.97. The van der Waals surface area contributed by atoms with E-state index in [1.54, 1.807) is 56.7 Å². The highest BCUT2D eigenvalue weighted by Crippen LogP contribution is 2.60. The second kappa shape index (κ2) is 12.3. The Balaban J connectivity index is 1.44. The quantitative estimate of drug-likeness (QED) is 0.148. The number of thiophene rings is 5. The Kier molecular flexibility index (Phi) is 8.47. The molecule has 0 fully saturated rings. The molecule has 7 rings (SSSR count). The number of carbonyl (C=O) groups is 2. The highest BCUT2D eigenvalue weighted by Gasteiger charge is 2.47. The van der Waals surface area contributed by atoms with Crippen LogP contribution in [0.15, 0.2) is 71.4 Å². The minimum absolute atomic E-state index is 0.0182. The topological polar surface area (TPSA) is 34.1 Å². The van der Waals surface area contributed by atoms with Gasteiger partial charge in [-0.15, -0.1) is 56.7 Å². The van der Waals surface area contributed by atoms with Gasteiger partial charge in [-0.2, -0.15) is 0 Å². The van der Waals surface area contributed by atoms with Gasteiger partial charge in [0.1, 0.15) is 0 Å². The summed E-state index contributed by atoms with van der Waals surface area (Å²) in [5.41, 5.74) is 4.91. The predicted molar refractivity (Wildman–Crippen MR) is 201 cm³/mol. The van der Waals surface area contributed by atoms with Gasteiger partial charge in [0.25, 0.3) is 0 Å². The summed E-state index contributed by atoms with van der Waals surface area (Å²) >= 11 is 8.49. The Labute approximate surface area is 286 Å². The molecule has 0 amide bonds. The molecular weight excluding hydrogens is 668 g/mol. The third-order valence-electron chi connectivity index (χ3n) is 8.26. The van der Waals surface area contributed by atoms with Crippen LogP contribution >= 0.6 is 64.6 Å². The molecule has 45 heavy (non-hydrogen) atoms. The molecule has 0 aliphatic carbocycles. The van der Waals surface area contributed by atoms with Gasteiger partial charge < -0.3 is 0 Å². The van der Waals surface area contributed by atoms with Gasteiger partial charge in [-0.1, -0.05) is 65.8 Å². The summed E-state index contributed by atoms with van der Waals surface area (Å²) in [6.07, 6.45) is 0. The molecular formula is C37H33O2PS5. The van der Waals surface area contributed by atoms with Crippen LogP contribution in [0.1, 0.15) is 96.7 Å². The Morgan fingerprint density at radius 2 is 0.978 bits per heavy atom. The van der Waals surface area contributed by atoms with Gasteiger partial charge in [-0.05, 0) is 86.9 Å². The second-order valence-corrected chi connectivity index (χ2v) is 19.3. The Bertz CT molecular complexity index is 1900. The maximum Gasteiger partial charge on any atom is 0.198 e. The van der Waals surface area contributed by atoms with E-state index in [2.05, 4.69) is 113 Å². The van der Waals surface area contributed by atoms with E-state index in [4.69, 9.17) is 0 Å². The molecule has 228 valence electrons. The van der Waals surface area contributed by atoms with Gasteiger partial charge >= 0.3 is 0 Å². The fraction of sp³-hybridized carbons (Fsp3) is 0.243. The maximum atomic E-state index is 14.9. The summed E-state index contributed by atoms with van der Waals surface area (Å²) in [6.45, 7) is 13.2. The molecule has 0 radical (unpaired) electrons. The van der Waals surface area contributed by atoms with Crippen LogP contribution in [0.25, 0.3) is 39.0 Å². The maximum absolute atomic E-state index is 14.9. The molecule has 2 nitrogen and oxygen atoms in total. The molecule has 6 aromatic rings. The van der Waals surface area contributed by atoms with Gasteiger partial charge in [-0.3, -0.25) is 9.59 Å². The number of benzene rings is 1. The standard InChI is InChI=1S/C37H33O2PS5/c1-19(2)22-17-23(20(3)4)33(24(18-22)21(5)6)40-36(38)31-32(37(40)39)35(30-14-12-28(44-30)26-10-8-16-42-26)45-34(31)29-13-11-27(43-29)25-9-7-15-41-25/h7-21H,1-6H3. The summed E-state index contributed by atoms with van der Waals surface area (Å²) in [4.78, 5) is 38.6. The molecule has 8 heteroatoms. The van der Waals surface area contributed by atoms with Gasteiger partial charge in [0.05, 0.1) is 28.8 Å². The molecule has 0 atom stereocenters. The van der Waals surface area contributed by atoms with E-state index >= 15 is 0 Å². The van der Waals surface area contributed by atoms with E-state index in [1.807, 2.05) is 0 Å². The number of hydrogen-bond donors (Lipinski definition) is 0. The fourth-order valence-corrected chi connectivity index (χ4v) is 13.9. The first kappa shape index (κ1) is 31.1. The zero-order valence-electron chi connectivity index (χ0n) is 26.0. The second-order valence-electron chi connectivity index (χ2n) is 12.3. The first-order valence-electron chi connectivity index (χ1n) is 15.2. The lowest BCUT2D eigenvalue weighted by molar-refractivity contribution is 0.107. The van der Waals surface area contributed by atoms with Gasteiger partial charge in [-0.25, -0.2) is 0 Å². The molecule has 0 spiro atoms. The van der Waals surface area contributed by atoms with Crippen LogP contribution in [0.4, 0.5) is 0 Å². The monoisotopic (exact) mass is 700 g/mol. The van der Waals surface area contributed by atoms with E-state index in [1.165, 1.54) is 25.1 Å². The number of fused-ring (bicyclic) bond motifs is 1. The fourth-order valence-electron chi connectivity index (χ4n) is 5.90. The lowest BCUT2D eigenvalue weighted by atomic mass is 9.89. The number of rotatable bonds is 8. The van der Waals surface area contributed by atoms with E-state index < -0.39 is 7.92 Å². The lowest BCUT2D eigenvalue weighted by Gasteiger charge is -2.25. The van der Waals surface area contributed by atoms with Crippen molar-refractivity contribution in [2.24, 2.45) is 0 Å². The Morgan fingerprint density at radius 1 is 0.533 bits per heavy atom. The Morgan fingerprint density at radius 3 is 1.36 bits per heavy atom. The van der Waals surface area contributed by atoms with E-state index in [0.717, 1.165) is 35.9 Å². The van der Waals surface area contributed by atoms with Crippen LogP contribution in [-0.4, -0.2) is 11.0 Å². The van der Waals surface area contributed by atoms with Crippen molar-refractivity contribution < 1.29 is 9.59 Å². The van der Waals surface area contributed by atoms with Gasteiger partial charge in [0.15, 0.2) is 11.0 Å². The largest absolute Gasteiger partial charge is 0.288 e. The van der Waals surface area contributed by atoms with Crippen molar-refractivity contribution in [1.29, 1.82) is 0 Å². The molecule has 0 N–H and O–H groups in total. The van der Waals surface area contributed by atoms with Crippen molar-refractivity contribution in [3.05, 3.63) is 99.2 Å². The summed E-state index contributed by atoms with van der Waals surface area (Å²) < 4.78 is 0. The molecule has 0 saturated heterocycles. The average Bonchev–Trinajstić information content (AvgIpc) is 3.85. The van der Waals surface area contributed by atoms with E-state index in [-0.39, 0.29) is 22.9 Å². The van der Waals surface area contributed by atoms with Crippen LogP contribution < -0.4 is 5.30 Å². The molecule has 5 aromatic heterocycles. The third-order valence-corrected chi connectivity index (χ3v) is 16.3. The number of hydrogen-bond acceptors (Lipinski definition) is 7. The highest BCUT2D eigenvalue weighted by atomic mass is 32.1. The molecule has 0 bridgehead atoms. The van der Waals surface area contributed by atoms with Crippen LogP contribution in [0.5, 0.6) is 0 Å². The van der Waals surface area contributed by atoms with Crippen molar-refractivity contribution in [2.75, 3.05) is 0 Å². The van der Waals surface area contributed by atoms with E-state index in [0.29, 0.717) is 17.0 Å². The van der Waals surface area contributed by atoms with Crippen molar-refractivity contribution in [1.82, 2.24) is 0 Å². The summed E-state index contributed by atoms with van der Waals surface area (Å²) in [6, 6.07) is 21.5. The molecule has 1 aromatic carbocycles. The first-order valence-corrected chi connectivity index (χ1v) is 20.7. The minimum atomic E-state index is -1.72. The SMILES string of the molecule is CC(C)c1cc(C(C)C)c(P2C(=O)c3c(-c4ccc(-c5cccs5)s4)sc(-c4ccc(-c5cccs5)s4)c3C2=O)c(C(C)C)c1. The van der Waals surface area contributed by atoms with Crippen LogP contribution in [0.2, 0.25) is 0 Å². The molecule has 0 saturated carbocycles. The minimum Gasteiger partial charge on any atom is -0.288 e. The normalized spacial score (nSPS) is 13.7. The first-order chi connectivity index (χ1) is 21.6. The number of carbonyl (C=O) groups excluding carboxylic acids is 2. The van der Waals surface area contributed by atoms with Gasteiger partial charge in [0, 0.05) is 29.3 Å². The van der Waals surface area contributed by atoms with Crippen LogP contribution in [0.3, 0.4) is 0 Å². The lowest BCUT2D eigenvalue weighted by Crippen LogP contribution is -2.22. The summed E-state index contributed by atoms with van der Waals surface area (Å²) in [7, 11) is -1.72. The zero-order chi connectivity index (χ0) is 31.6. The van der Waals surface area contributed by atoms with Gasteiger partial charge in [0.2, 0.25) is 0 Å². The molecule has 0 unspecified atom stereocenters. The Hall–Kier alpha value is -2.51.